The third-order valence-electron chi connectivity index (χ3n) is 1.86. The summed E-state index contributed by atoms with van der Waals surface area (Å²) < 4.78 is 37.0. The van der Waals surface area contributed by atoms with Crippen LogP contribution in [0.15, 0.2) is 24.3 Å². The van der Waals surface area contributed by atoms with E-state index in [2.05, 4.69) is 4.72 Å². The molecule has 0 bridgehead atoms. The van der Waals surface area contributed by atoms with Crippen molar-refractivity contribution in [3.05, 3.63) is 35.6 Å². The molecule has 78 valence electrons. The predicted molar refractivity (Wildman–Crippen MR) is 53.0 cm³/mol. The van der Waals surface area contributed by atoms with Crippen LogP contribution in [0.1, 0.15) is 5.56 Å². The Balaban J connectivity index is 2.63. The molecule has 0 unspecified atom stereocenters. The van der Waals surface area contributed by atoms with Crippen LogP contribution in [-0.4, -0.2) is 21.2 Å². The maximum atomic E-state index is 12.7. The van der Waals surface area contributed by atoms with E-state index in [1.54, 1.807) is 12.1 Å². The second-order valence-electron chi connectivity index (χ2n) is 2.90. The van der Waals surface area contributed by atoms with E-state index in [4.69, 9.17) is 0 Å². The molecular weight excluding hydrogens is 205 g/mol. The van der Waals surface area contributed by atoms with Crippen molar-refractivity contribution in [1.82, 2.24) is 4.72 Å². The molecule has 0 atom stereocenters. The molecule has 14 heavy (non-hydrogen) atoms. The Morgan fingerprint density at radius 2 is 2.14 bits per heavy atom. The van der Waals surface area contributed by atoms with Crippen LogP contribution in [0, 0.1) is 5.82 Å². The summed E-state index contributed by atoms with van der Waals surface area (Å²) in [6, 6.07) is 5.94. The second kappa shape index (κ2) is 4.52. The molecule has 0 saturated carbocycles. The van der Waals surface area contributed by atoms with Crippen molar-refractivity contribution < 1.29 is 12.8 Å². The number of sulfonamides is 1. The molecule has 0 aliphatic heterocycles. The van der Waals surface area contributed by atoms with Gasteiger partial charge in [0.2, 0.25) is 10.0 Å². The van der Waals surface area contributed by atoms with Gasteiger partial charge in [0.05, 0.1) is 5.75 Å². The molecule has 1 aromatic carbocycles. The highest BCUT2D eigenvalue weighted by atomic mass is 32.2. The van der Waals surface area contributed by atoms with E-state index >= 15 is 0 Å². The van der Waals surface area contributed by atoms with Gasteiger partial charge in [0.15, 0.2) is 0 Å². The minimum absolute atomic E-state index is 0.0209. The van der Waals surface area contributed by atoms with Crippen LogP contribution in [0.3, 0.4) is 0 Å². The lowest BCUT2D eigenvalue weighted by molar-refractivity contribution is 0.587. The van der Waals surface area contributed by atoms with Crippen LogP contribution >= 0.6 is 0 Å². The topological polar surface area (TPSA) is 46.2 Å². The van der Waals surface area contributed by atoms with E-state index in [-0.39, 0.29) is 11.6 Å². The van der Waals surface area contributed by atoms with Gasteiger partial charge in [0.25, 0.3) is 0 Å². The average Bonchev–Trinajstić information content (AvgIpc) is 2.15. The highest BCUT2D eigenvalue weighted by molar-refractivity contribution is 7.89. The van der Waals surface area contributed by atoms with Crippen LogP contribution < -0.4 is 4.72 Å². The summed E-state index contributed by atoms with van der Waals surface area (Å²) in [6.07, 6.45) is 0.320. The Morgan fingerprint density at radius 1 is 1.43 bits per heavy atom. The van der Waals surface area contributed by atoms with E-state index in [0.717, 1.165) is 0 Å². The number of benzene rings is 1. The fourth-order valence-corrected chi connectivity index (χ4v) is 1.76. The summed E-state index contributed by atoms with van der Waals surface area (Å²) in [5.74, 6) is -0.364. The summed E-state index contributed by atoms with van der Waals surface area (Å²) in [6.45, 7) is 0. The molecule has 1 aromatic rings. The molecule has 1 rings (SSSR count). The zero-order chi connectivity index (χ0) is 10.6. The lowest BCUT2D eigenvalue weighted by Crippen LogP contribution is -2.23. The third kappa shape index (κ3) is 3.43. The van der Waals surface area contributed by atoms with Gasteiger partial charge in [-0.15, -0.1) is 0 Å². The first-order chi connectivity index (χ1) is 6.53. The molecule has 0 saturated heterocycles. The van der Waals surface area contributed by atoms with Crippen LogP contribution in [0.25, 0.3) is 0 Å². The lowest BCUT2D eigenvalue weighted by Gasteiger charge is -2.02. The Bertz CT molecular complexity index is 403. The summed E-state index contributed by atoms with van der Waals surface area (Å²) in [7, 11) is -1.84. The molecule has 1 N–H and O–H groups in total. The van der Waals surface area contributed by atoms with E-state index in [9.17, 15) is 12.8 Å². The Morgan fingerprint density at radius 3 is 2.71 bits per heavy atom. The van der Waals surface area contributed by atoms with Crippen molar-refractivity contribution in [2.24, 2.45) is 0 Å². The number of halogens is 1. The van der Waals surface area contributed by atoms with E-state index in [1.165, 1.54) is 19.2 Å². The van der Waals surface area contributed by atoms with Crippen molar-refractivity contribution in [3.63, 3.8) is 0 Å². The zero-order valence-corrected chi connectivity index (χ0v) is 8.64. The van der Waals surface area contributed by atoms with Gasteiger partial charge < -0.3 is 0 Å². The molecule has 0 aromatic heterocycles. The van der Waals surface area contributed by atoms with Gasteiger partial charge in [0.1, 0.15) is 5.82 Å². The van der Waals surface area contributed by atoms with Gasteiger partial charge in [0, 0.05) is 0 Å². The van der Waals surface area contributed by atoms with Crippen molar-refractivity contribution in [2.45, 2.75) is 6.42 Å². The fourth-order valence-electron chi connectivity index (χ4n) is 1.05. The quantitative estimate of drug-likeness (QED) is 0.815. The van der Waals surface area contributed by atoms with E-state index in [0.29, 0.717) is 12.0 Å². The van der Waals surface area contributed by atoms with Crippen molar-refractivity contribution in [2.75, 3.05) is 12.8 Å². The Labute approximate surface area is 83.0 Å². The van der Waals surface area contributed by atoms with Gasteiger partial charge in [-0.3, -0.25) is 0 Å². The third-order valence-corrected chi connectivity index (χ3v) is 3.22. The van der Waals surface area contributed by atoms with E-state index < -0.39 is 10.0 Å². The SMILES string of the molecule is CNS(=O)(=O)CCc1cccc(F)c1. The Hall–Kier alpha value is -0.940. The molecule has 3 nitrogen and oxygen atoms in total. The maximum Gasteiger partial charge on any atom is 0.211 e. The molecule has 0 radical (unpaired) electrons. The van der Waals surface area contributed by atoms with Gasteiger partial charge in [-0.05, 0) is 31.2 Å². The fraction of sp³-hybridized carbons (Fsp3) is 0.333. The van der Waals surface area contributed by atoms with Crippen LogP contribution in [-0.2, 0) is 16.4 Å². The van der Waals surface area contributed by atoms with Crippen LogP contribution in [0.2, 0.25) is 0 Å². The smallest absolute Gasteiger partial charge is 0.211 e. The standard InChI is InChI=1S/C9H12FNO2S/c1-11-14(12,13)6-5-8-3-2-4-9(10)7-8/h2-4,7,11H,5-6H2,1H3. The monoisotopic (exact) mass is 217 g/mol. The molecular formula is C9H12FNO2S. The lowest BCUT2D eigenvalue weighted by atomic mass is 10.2. The number of rotatable bonds is 4. The maximum absolute atomic E-state index is 12.7. The first-order valence-electron chi connectivity index (χ1n) is 4.19. The molecule has 0 spiro atoms. The van der Waals surface area contributed by atoms with Gasteiger partial charge in [-0.1, -0.05) is 12.1 Å². The molecule has 0 aliphatic carbocycles. The molecule has 0 heterocycles. The van der Waals surface area contributed by atoms with Crippen LogP contribution in [0.4, 0.5) is 4.39 Å². The summed E-state index contributed by atoms with van der Waals surface area (Å²) in [5, 5.41) is 0. The predicted octanol–water partition coefficient (Wildman–Crippen LogP) is 0.917. The van der Waals surface area contributed by atoms with Crippen LogP contribution in [0.5, 0.6) is 0 Å². The number of aryl methyl sites for hydroxylation is 1. The minimum Gasteiger partial charge on any atom is -0.218 e. The van der Waals surface area contributed by atoms with Crippen molar-refractivity contribution >= 4 is 10.0 Å². The number of hydrogen-bond donors (Lipinski definition) is 1. The Kier molecular flexibility index (Phi) is 3.60. The molecule has 0 amide bonds. The van der Waals surface area contributed by atoms with Gasteiger partial charge in [-0.25, -0.2) is 17.5 Å². The summed E-state index contributed by atoms with van der Waals surface area (Å²) in [5.41, 5.74) is 0.684. The first-order valence-corrected chi connectivity index (χ1v) is 5.84. The highest BCUT2D eigenvalue weighted by Crippen LogP contribution is 2.04. The molecule has 0 aliphatic rings. The summed E-state index contributed by atoms with van der Waals surface area (Å²) in [4.78, 5) is 0. The van der Waals surface area contributed by atoms with Crippen molar-refractivity contribution in [3.8, 4) is 0 Å². The largest absolute Gasteiger partial charge is 0.218 e. The average molecular weight is 217 g/mol. The summed E-state index contributed by atoms with van der Waals surface area (Å²) >= 11 is 0. The molecule has 5 heteroatoms. The second-order valence-corrected chi connectivity index (χ2v) is 4.95. The number of nitrogens with one attached hydrogen (secondary N) is 1. The first kappa shape index (κ1) is 11.1. The van der Waals surface area contributed by atoms with Gasteiger partial charge in [-0.2, -0.15) is 0 Å². The van der Waals surface area contributed by atoms with E-state index in [1.807, 2.05) is 0 Å². The van der Waals surface area contributed by atoms with Crippen molar-refractivity contribution in [1.29, 1.82) is 0 Å². The zero-order valence-electron chi connectivity index (χ0n) is 7.83. The molecule has 0 fully saturated rings. The highest BCUT2D eigenvalue weighted by Gasteiger charge is 2.06. The van der Waals surface area contributed by atoms with Gasteiger partial charge >= 0.3 is 0 Å². The normalized spacial score (nSPS) is 11.6. The number of hydrogen-bond acceptors (Lipinski definition) is 2. The minimum atomic E-state index is -3.20.